The molecule has 4 amide bonds. The minimum absolute atomic E-state index is 0.00947. The highest BCUT2D eigenvalue weighted by Gasteiger charge is 2.61. The van der Waals surface area contributed by atoms with Crippen molar-refractivity contribution in [3.8, 4) is 0 Å². The average molecular weight is 817 g/mol. The normalized spacial score (nSPS) is 23.6. The van der Waals surface area contributed by atoms with Crippen molar-refractivity contribution in [2.24, 2.45) is 5.92 Å². The van der Waals surface area contributed by atoms with Crippen LogP contribution in [0.4, 0.5) is 4.79 Å². The molecule has 48 heavy (non-hydrogen) atoms. The zero-order chi connectivity index (χ0) is 36.0. The number of alkyl carbamates (subject to hydrolysis) is 1. The summed E-state index contributed by atoms with van der Waals surface area (Å²) in [6.07, 6.45) is 1.05. The van der Waals surface area contributed by atoms with E-state index in [1.54, 1.807) is 52.8 Å². The number of benzene rings is 2. The number of hydrogen-bond acceptors (Lipinski definition) is 9. The first-order valence-corrected chi connectivity index (χ1v) is 19.7. The van der Waals surface area contributed by atoms with Gasteiger partial charge in [-0.05, 0) is 70.4 Å². The maximum atomic E-state index is 14.3. The van der Waals surface area contributed by atoms with Gasteiger partial charge in [-0.2, -0.15) is 0 Å². The van der Waals surface area contributed by atoms with Crippen LogP contribution in [0.15, 0.2) is 60.0 Å². The van der Waals surface area contributed by atoms with Gasteiger partial charge in [0.25, 0.3) is 5.91 Å². The molecule has 2 aromatic carbocycles. The van der Waals surface area contributed by atoms with E-state index in [9.17, 15) is 36.0 Å². The van der Waals surface area contributed by atoms with Crippen LogP contribution in [0.3, 0.4) is 0 Å². The summed E-state index contributed by atoms with van der Waals surface area (Å²) in [5.41, 5.74) is -2.54. The molecule has 2 aromatic rings. The number of amides is 4. The Kier molecular flexibility index (Phi) is 10.4. The number of sulfonamides is 1. The molecular formula is C32H41IN4O9S2. The number of sulfone groups is 1. The van der Waals surface area contributed by atoms with Crippen molar-refractivity contribution in [2.45, 2.75) is 84.3 Å². The predicted octanol–water partition coefficient (Wildman–Crippen LogP) is 2.83. The first kappa shape index (κ1) is 37.6. The van der Waals surface area contributed by atoms with Gasteiger partial charge in [-0.1, -0.05) is 59.0 Å². The second kappa shape index (κ2) is 13.2. The lowest BCUT2D eigenvalue weighted by atomic mass is 10.0. The van der Waals surface area contributed by atoms with Crippen molar-refractivity contribution in [1.82, 2.24) is 20.3 Å². The molecule has 3 N–H and O–H groups in total. The number of fused-ring (bicyclic) bond motifs is 1. The number of nitrogens with zero attached hydrogens (tertiary/aromatic N) is 1. The zero-order valence-corrected chi connectivity index (χ0v) is 31.4. The van der Waals surface area contributed by atoms with Crippen molar-refractivity contribution >= 4 is 77.0 Å². The summed E-state index contributed by atoms with van der Waals surface area (Å²) in [6, 6.07) is 9.27. The fraction of sp³-hybridized carbons (Fsp3) is 0.500. The van der Waals surface area contributed by atoms with E-state index in [1.807, 2.05) is 39.4 Å². The molecule has 0 spiro atoms. The predicted molar refractivity (Wildman–Crippen MR) is 188 cm³/mol. The Balaban J connectivity index is 1.72. The third-order valence-corrected chi connectivity index (χ3v) is 11.6. The number of hydrogen-bond donors (Lipinski definition) is 3. The fourth-order valence-corrected chi connectivity index (χ4v) is 8.43. The number of rotatable bonds is 10. The molecule has 1 heterocycles. The highest BCUT2D eigenvalue weighted by Crippen LogP contribution is 2.45. The molecule has 2 aliphatic rings. The van der Waals surface area contributed by atoms with Crippen molar-refractivity contribution in [2.75, 3.05) is 12.8 Å². The Morgan fingerprint density at radius 1 is 1.04 bits per heavy atom. The largest absolute Gasteiger partial charge is 0.444 e. The topological polar surface area (TPSA) is 185 Å². The second-order valence-corrected chi connectivity index (χ2v) is 20.5. The van der Waals surface area contributed by atoms with E-state index in [0.717, 1.165) is 16.5 Å². The molecule has 0 radical (unpaired) electrons. The standard InChI is InChI=1S/C32H41IN4O9S2/c1-8-21-17-32(21,28(40)36-47(7,42)43)35-26(38)24-16-23(48(44,45)22-14-13-19-11-9-10-12-20(19)15-22)18-37(24)27(39)25(31(5,6)33)34-29(41)46-30(2,3)4/h8-15,21,23-25H,1,16-18H2,2-7H3,(H,34,41)(H,35,38)(H,36,40)/t21?,23-,24+,25-,32?/m1/s1. The monoisotopic (exact) mass is 816 g/mol. The smallest absolute Gasteiger partial charge is 0.408 e. The Morgan fingerprint density at radius 3 is 2.21 bits per heavy atom. The van der Waals surface area contributed by atoms with Gasteiger partial charge in [0.1, 0.15) is 23.2 Å². The Morgan fingerprint density at radius 2 is 1.67 bits per heavy atom. The fourth-order valence-electron chi connectivity index (χ4n) is 5.77. The highest BCUT2D eigenvalue weighted by molar-refractivity contribution is 14.1. The highest BCUT2D eigenvalue weighted by atomic mass is 127. The third kappa shape index (κ3) is 8.30. The van der Waals surface area contributed by atoms with E-state index >= 15 is 0 Å². The van der Waals surface area contributed by atoms with Gasteiger partial charge in [0.2, 0.25) is 21.8 Å². The van der Waals surface area contributed by atoms with Crippen molar-refractivity contribution < 1.29 is 40.8 Å². The second-order valence-electron chi connectivity index (χ2n) is 13.8. The average Bonchev–Trinajstić information content (AvgIpc) is 3.47. The van der Waals surface area contributed by atoms with Crippen LogP contribution in [0, 0.1) is 5.92 Å². The summed E-state index contributed by atoms with van der Waals surface area (Å²) >= 11 is 1.98. The molecule has 1 aliphatic carbocycles. The van der Waals surface area contributed by atoms with Crippen LogP contribution in [-0.4, -0.2) is 90.2 Å². The van der Waals surface area contributed by atoms with Crippen molar-refractivity contribution in [1.29, 1.82) is 0 Å². The van der Waals surface area contributed by atoms with Crippen LogP contribution < -0.4 is 15.4 Å². The van der Waals surface area contributed by atoms with Crippen LogP contribution in [0.25, 0.3) is 10.8 Å². The molecule has 262 valence electrons. The van der Waals surface area contributed by atoms with Gasteiger partial charge in [-0.25, -0.2) is 21.6 Å². The molecule has 13 nitrogen and oxygen atoms in total. The molecule has 4 rings (SSSR count). The lowest BCUT2D eigenvalue weighted by molar-refractivity contribution is -0.141. The first-order chi connectivity index (χ1) is 22.0. The van der Waals surface area contributed by atoms with E-state index in [0.29, 0.717) is 5.39 Å². The van der Waals surface area contributed by atoms with Crippen LogP contribution in [0.5, 0.6) is 0 Å². The maximum absolute atomic E-state index is 14.3. The van der Waals surface area contributed by atoms with E-state index < -0.39 is 88.0 Å². The lowest BCUT2D eigenvalue weighted by Crippen LogP contribution is -2.61. The summed E-state index contributed by atoms with van der Waals surface area (Å²) in [7, 11) is -8.10. The third-order valence-electron chi connectivity index (χ3n) is 8.26. The molecule has 2 fully saturated rings. The van der Waals surface area contributed by atoms with Crippen LogP contribution >= 0.6 is 22.6 Å². The van der Waals surface area contributed by atoms with Crippen LogP contribution in [-0.2, 0) is 39.0 Å². The van der Waals surface area contributed by atoms with Gasteiger partial charge in [-0.3, -0.25) is 19.1 Å². The maximum Gasteiger partial charge on any atom is 0.408 e. The van der Waals surface area contributed by atoms with Crippen LogP contribution in [0.2, 0.25) is 0 Å². The van der Waals surface area contributed by atoms with Gasteiger partial charge in [0.05, 0.1) is 16.4 Å². The number of nitrogens with one attached hydrogen (secondary N) is 3. The van der Waals surface area contributed by atoms with E-state index in [1.165, 1.54) is 18.2 Å². The van der Waals surface area contributed by atoms with Gasteiger partial charge >= 0.3 is 6.09 Å². The summed E-state index contributed by atoms with van der Waals surface area (Å²) in [4.78, 5) is 55.4. The molecule has 2 unspecified atom stereocenters. The van der Waals surface area contributed by atoms with E-state index in [2.05, 4.69) is 17.2 Å². The van der Waals surface area contributed by atoms with Gasteiger partial charge in [-0.15, -0.1) is 6.58 Å². The Labute approximate surface area is 294 Å². The minimum atomic E-state index is -4.12. The van der Waals surface area contributed by atoms with Gasteiger partial charge in [0, 0.05) is 15.9 Å². The van der Waals surface area contributed by atoms with Gasteiger partial charge in [0.15, 0.2) is 9.84 Å². The van der Waals surface area contributed by atoms with E-state index in [4.69, 9.17) is 4.74 Å². The van der Waals surface area contributed by atoms with Gasteiger partial charge < -0.3 is 20.3 Å². The Hall–Kier alpha value is -3.25. The summed E-state index contributed by atoms with van der Waals surface area (Å²) < 4.78 is 58.2. The Bertz CT molecular complexity index is 1870. The molecule has 0 aromatic heterocycles. The molecule has 0 bridgehead atoms. The number of halogens is 1. The molecular weight excluding hydrogens is 775 g/mol. The molecule has 1 saturated carbocycles. The number of ether oxygens (including phenoxy) is 1. The quantitative estimate of drug-likeness (QED) is 0.184. The zero-order valence-electron chi connectivity index (χ0n) is 27.6. The summed E-state index contributed by atoms with van der Waals surface area (Å²) in [5, 5.41) is 5.50. The first-order valence-electron chi connectivity index (χ1n) is 15.2. The number of carbonyl (C=O) groups excluding carboxylic acids is 4. The van der Waals surface area contributed by atoms with Crippen LogP contribution in [0.1, 0.15) is 47.5 Å². The van der Waals surface area contributed by atoms with E-state index in [-0.39, 0.29) is 17.7 Å². The molecule has 1 saturated heterocycles. The molecule has 1 aliphatic heterocycles. The number of carbonyl (C=O) groups is 4. The summed E-state index contributed by atoms with van der Waals surface area (Å²) in [6.45, 7) is 11.6. The molecule has 5 atom stereocenters. The summed E-state index contributed by atoms with van der Waals surface area (Å²) in [5.74, 6) is -3.17. The lowest BCUT2D eigenvalue weighted by Gasteiger charge is -2.35. The minimum Gasteiger partial charge on any atom is -0.444 e. The number of likely N-dealkylation sites (tertiary alicyclic amines) is 1. The van der Waals surface area contributed by atoms with Crippen molar-refractivity contribution in [3.05, 3.63) is 55.1 Å². The number of alkyl halides is 1. The SMILES string of the molecule is C=CC1CC1(NC(=O)[C@@H]1C[C@@H](S(=O)(=O)c2ccc3ccccc3c2)CN1C(=O)[C@@H](NC(=O)OC(C)(C)C)C(C)(C)I)C(=O)NS(C)(=O)=O. The van der Waals surface area contributed by atoms with Crippen molar-refractivity contribution in [3.63, 3.8) is 0 Å². The molecule has 16 heteroatoms.